The molecule has 6 rings (SSSR count). The summed E-state index contributed by atoms with van der Waals surface area (Å²) in [4.78, 5) is 1.22. The van der Waals surface area contributed by atoms with E-state index in [1.54, 1.807) is 5.56 Å². The molecule has 30 heavy (non-hydrogen) atoms. The highest BCUT2D eigenvalue weighted by Gasteiger charge is 2.62. The molecule has 1 aromatic carbocycles. The van der Waals surface area contributed by atoms with Crippen molar-refractivity contribution in [3.63, 3.8) is 0 Å². The molecule has 0 radical (unpaired) electrons. The highest BCUT2D eigenvalue weighted by atomic mass is 32.2. The van der Waals surface area contributed by atoms with Crippen LogP contribution in [0.2, 0.25) is 0 Å². The molecule has 2 nitrogen and oxygen atoms in total. The van der Waals surface area contributed by atoms with Gasteiger partial charge in [-0.2, -0.15) is 11.8 Å². The highest BCUT2D eigenvalue weighted by molar-refractivity contribution is 7.98. The van der Waals surface area contributed by atoms with Gasteiger partial charge < -0.3 is 11.1 Å². The summed E-state index contributed by atoms with van der Waals surface area (Å²) in [5, 5.41) is 3.92. The molecule has 3 N–H and O–H groups in total. The maximum atomic E-state index is 6.25. The smallest absolute Gasteiger partial charge is 0.0818 e. The number of thiocarbonyl (C=S) groups is 1. The van der Waals surface area contributed by atoms with E-state index in [1.165, 1.54) is 68.5 Å². The fourth-order valence-corrected chi connectivity index (χ4v) is 9.32. The van der Waals surface area contributed by atoms with Crippen molar-refractivity contribution >= 4 is 29.0 Å². The summed E-state index contributed by atoms with van der Waals surface area (Å²) in [6.07, 6.45) is 14.0. The SMILES string of the molecule is CSCC1C2CC3(C(=S)N[C@H]4CC[C@H](CN)CC4)CC1CC(c1ccccc1)(C2)C3. The van der Waals surface area contributed by atoms with Gasteiger partial charge in [-0.05, 0) is 111 Å². The summed E-state index contributed by atoms with van der Waals surface area (Å²) in [5.74, 6) is 4.63. The standard InChI is InChI=1S/C26H38N2S2/c1-30-16-23-19-11-25(21-5-3-2-4-6-21)12-20(23)14-26(13-19,17-25)24(29)28-22-9-7-18(15-27)8-10-22/h2-6,18-20,22-23H,7-17,27H2,1H3,(H,28,29)/t18-,19?,20?,22-,23?,25?,26?. The molecule has 0 saturated heterocycles. The molecule has 0 aromatic heterocycles. The second-order valence-corrected chi connectivity index (χ2v) is 12.3. The van der Waals surface area contributed by atoms with Gasteiger partial charge in [0.1, 0.15) is 0 Å². The molecule has 5 saturated carbocycles. The molecule has 4 heteroatoms. The van der Waals surface area contributed by atoms with Crippen molar-refractivity contribution in [1.82, 2.24) is 5.32 Å². The van der Waals surface area contributed by atoms with Crippen LogP contribution >= 0.6 is 24.0 Å². The Morgan fingerprint density at radius 2 is 1.73 bits per heavy atom. The lowest BCUT2D eigenvalue weighted by molar-refractivity contribution is -0.0732. The van der Waals surface area contributed by atoms with E-state index in [0.29, 0.717) is 11.5 Å². The third-order valence-corrected chi connectivity index (χ3v) is 10.5. The van der Waals surface area contributed by atoms with Crippen molar-refractivity contribution < 1.29 is 0 Å². The molecule has 2 unspecified atom stereocenters. The Morgan fingerprint density at radius 3 is 2.33 bits per heavy atom. The molecule has 2 atom stereocenters. The third-order valence-electron chi connectivity index (χ3n) is 9.24. The first kappa shape index (κ1) is 21.3. The maximum Gasteiger partial charge on any atom is 0.0818 e. The summed E-state index contributed by atoms with van der Waals surface area (Å²) >= 11 is 8.30. The van der Waals surface area contributed by atoms with Crippen molar-refractivity contribution in [3.05, 3.63) is 35.9 Å². The van der Waals surface area contributed by atoms with Crippen LogP contribution in [-0.4, -0.2) is 29.6 Å². The summed E-state index contributed by atoms with van der Waals surface area (Å²) in [7, 11) is 0. The first-order chi connectivity index (χ1) is 14.6. The van der Waals surface area contributed by atoms with Crippen LogP contribution in [0.5, 0.6) is 0 Å². The predicted octanol–water partition coefficient (Wildman–Crippen LogP) is 5.55. The molecule has 5 aliphatic rings. The number of nitrogens with one attached hydrogen (secondary N) is 1. The predicted molar refractivity (Wildman–Crippen MR) is 133 cm³/mol. The first-order valence-electron chi connectivity index (χ1n) is 12.1. The minimum absolute atomic E-state index is 0.233. The average molecular weight is 443 g/mol. The van der Waals surface area contributed by atoms with E-state index < -0.39 is 0 Å². The summed E-state index contributed by atoms with van der Waals surface area (Å²) < 4.78 is 0. The Bertz CT molecular complexity index is 740. The van der Waals surface area contributed by atoms with Crippen LogP contribution in [-0.2, 0) is 5.41 Å². The molecule has 164 valence electrons. The van der Waals surface area contributed by atoms with Gasteiger partial charge >= 0.3 is 0 Å². The summed E-state index contributed by atoms with van der Waals surface area (Å²) in [5.41, 5.74) is 8.08. The van der Waals surface area contributed by atoms with E-state index in [4.69, 9.17) is 18.0 Å². The van der Waals surface area contributed by atoms with Gasteiger partial charge in [0.25, 0.3) is 0 Å². The number of benzene rings is 1. The van der Waals surface area contributed by atoms with Gasteiger partial charge in [0, 0.05) is 11.5 Å². The molecule has 5 aliphatic carbocycles. The van der Waals surface area contributed by atoms with Crippen molar-refractivity contribution in [3.8, 4) is 0 Å². The summed E-state index contributed by atoms with van der Waals surface area (Å²) in [6.45, 7) is 0.848. The van der Waals surface area contributed by atoms with Crippen LogP contribution in [0.3, 0.4) is 0 Å². The lowest BCUT2D eigenvalue weighted by Gasteiger charge is -2.65. The van der Waals surface area contributed by atoms with Crippen molar-refractivity contribution in [2.24, 2.45) is 34.8 Å². The van der Waals surface area contributed by atoms with E-state index >= 15 is 0 Å². The fourth-order valence-electron chi connectivity index (χ4n) is 7.99. The van der Waals surface area contributed by atoms with E-state index in [0.717, 1.165) is 30.2 Å². The number of hydrogen-bond donors (Lipinski definition) is 2. The molecule has 4 bridgehead atoms. The molecule has 1 aromatic rings. The maximum absolute atomic E-state index is 6.25. The van der Waals surface area contributed by atoms with Crippen LogP contribution in [0.15, 0.2) is 30.3 Å². The van der Waals surface area contributed by atoms with Gasteiger partial charge in [0.15, 0.2) is 0 Å². The normalized spacial score (nSPS) is 42.3. The van der Waals surface area contributed by atoms with Gasteiger partial charge in [-0.15, -0.1) is 0 Å². The lowest BCUT2D eigenvalue weighted by Crippen LogP contribution is -2.62. The van der Waals surface area contributed by atoms with Gasteiger partial charge in [-0.25, -0.2) is 0 Å². The Morgan fingerprint density at radius 1 is 1.07 bits per heavy atom. The fraction of sp³-hybridized carbons (Fsp3) is 0.731. The minimum atomic E-state index is 0.233. The van der Waals surface area contributed by atoms with E-state index in [9.17, 15) is 0 Å². The molecule has 5 fully saturated rings. The molecule has 0 heterocycles. The lowest BCUT2D eigenvalue weighted by atomic mass is 9.40. The number of nitrogens with two attached hydrogens (primary N) is 1. The highest BCUT2D eigenvalue weighted by Crippen LogP contribution is 2.68. The number of thioether (sulfide) groups is 1. The Hall–Kier alpha value is -0.580. The van der Waals surface area contributed by atoms with E-state index in [2.05, 4.69) is 53.7 Å². The molecular formula is C26H38N2S2. The van der Waals surface area contributed by atoms with Crippen molar-refractivity contribution in [1.29, 1.82) is 0 Å². The average Bonchev–Trinajstić information content (AvgIpc) is 2.77. The van der Waals surface area contributed by atoms with E-state index in [1.807, 2.05) is 0 Å². The molecule has 0 spiro atoms. The minimum Gasteiger partial charge on any atom is -0.376 e. The van der Waals surface area contributed by atoms with E-state index in [-0.39, 0.29) is 5.41 Å². The van der Waals surface area contributed by atoms with Gasteiger partial charge in [-0.1, -0.05) is 42.5 Å². The Kier molecular flexibility index (Phi) is 5.96. The van der Waals surface area contributed by atoms with Crippen molar-refractivity contribution in [2.75, 3.05) is 18.6 Å². The second-order valence-electron chi connectivity index (χ2n) is 11.0. The summed E-state index contributed by atoms with van der Waals surface area (Å²) in [6, 6.07) is 12.0. The quantitative estimate of drug-likeness (QED) is 0.567. The van der Waals surface area contributed by atoms with Crippen LogP contribution < -0.4 is 11.1 Å². The molecule has 0 amide bonds. The van der Waals surface area contributed by atoms with Crippen LogP contribution in [0.1, 0.15) is 63.4 Å². The zero-order valence-electron chi connectivity index (χ0n) is 18.4. The molecular weight excluding hydrogens is 404 g/mol. The zero-order chi connectivity index (χ0) is 20.8. The first-order valence-corrected chi connectivity index (χ1v) is 13.9. The largest absolute Gasteiger partial charge is 0.376 e. The second kappa shape index (κ2) is 8.41. The Balaban J connectivity index is 1.39. The van der Waals surface area contributed by atoms with Gasteiger partial charge in [0.05, 0.1) is 4.99 Å². The van der Waals surface area contributed by atoms with Crippen molar-refractivity contribution in [2.45, 2.75) is 69.2 Å². The number of rotatable bonds is 6. The Labute approximate surface area is 192 Å². The van der Waals surface area contributed by atoms with Crippen LogP contribution in [0.4, 0.5) is 0 Å². The molecule has 0 aliphatic heterocycles. The monoisotopic (exact) mass is 442 g/mol. The van der Waals surface area contributed by atoms with Gasteiger partial charge in [-0.3, -0.25) is 0 Å². The number of hydrogen-bond acceptors (Lipinski definition) is 3. The zero-order valence-corrected chi connectivity index (χ0v) is 20.1. The van der Waals surface area contributed by atoms with Crippen LogP contribution in [0, 0.1) is 29.1 Å². The third kappa shape index (κ3) is 3.65. The van der Waals surface area contributed by atoms with Crippen LogP contribution in [0.25, 0.3) is 0 Å². The van der Waals surface area contributed by atoms with Gasteiger partial charge in [0.2, 0.25) is 0 Å². The topological polar surface area (TPSA) is 38.0 Å².